The van der Waals surface area contributed by atoms with Gasteiger partial charge in [0, 0.05) is 4.86 Å². The Kier molecular flexibility index (Phi) is 7.69. The van der Waals surface area contributed by atoms with Crippen LogP contribution in [0.15, 0.2) is 115 Å². The Labute approximate surface area is 206 Å². The van der Waals surface area contributed by atoms with Crippen LogP contribution in [0.1, 0.15) is 22.3 Å². The van der Waals surface area contributed by atoms with Gasteiger partial charge >= 0.3 is 0 Å². The maximum absolute atomic E-state index is 5.89. The van der Waals surface area contributed by atoms with Gasteiger partial charge in [0.2, 0.25) is 0 Å². The Morgan fingerprint density at radius 1 is 0.559 bits per heavy atom. The van der Waals surface area contributed by atoms with E-state index in [-0.39, 0.29) is 0 Å². The van der Waals surface area contributed by atoms with Crippen LogP contribution in [0.2, 0.25) is 0 Å². The molecule has 34 heavy (non-hydrogen) atoms. The van der Waals surface area contributed by atoms with Gasteiger partial charge < -0.3 is 9.47 Å². The second kappa shape index (κ2) is 11.3. The van der Waals surface area contributed by atoms with Crippen LogP contribution >= 0.6 is 12.2 Å². The van der Waals surface area contributed by atoms with E-state index in [0.717, 1.165) is 49.8 Å². The molecule has 0 aliphatic rings. The number of ether oxygens (including phenoxy) is 2. The predicted octanol–water partition coefficient (Wildman–Crippen LogP) is 7.75. The summed E-state index contributed by atoms with van der Waals surface area (Å²) in [5, 5.41) is 0. The van der Waals surface area contributed by atoms with Crippen LogP contribution in [-0.4, -0.2) is 19.1 Å². The first-order valence-corrected chi connectivity index (χ1v) is 11.5. The Morgan fingerprint density at radius 3 is 1.56 bits per heavy atom. The van der Waals surface area contributed by atoms with Gasteiger partial charge in [0.05, 0.1) is 14.2 Å². The third-order valence-corrected chi connectivity index (χ3v) is 5.89. The third kappa shape index (κ3) is 5.69. The van der Waals surface area contributed by atoms with E-state index < -0.39 is 0 Å². The second-order valence-electron chi connectivity index (χ2n) is 7.71. The Morgan fingerprint density at radius 2 is 1.03 bits per heavy atom. The molecule has 0 aliphatic carbocycles. The summed E-state index contributed by atoms with van der Waals surface area (Å²) in [6.07, 6.45) is 4.29. The lowest BCUT2D eigenvalue weighted by Crippen LogP contribution is -1.98. The van der Waals surface area contributed by atoms with Crippen LogP contribution in [0.25, 0.3) is 17.2 Å². The van der Waals surface area contributed by atoms with E-state index in [1.54, 1.807) is 14.2 Å². The van der Waals surface area contributed by atoms with E-state index in [1.807, 2.05) is 72.8 Å². The summed E-state index contributed by atoms with van der Waals surface area (Å²) >= 11 is 5.89. The zero-order valence-electron chi connectivity index (χ0n) is 19.3. The number of hydrogen-bond donors (Lipinski definition) is 0. The highest BCUT2D eigenvalue weighted by Crippen LogP contribution is 2.34. The fraction of sp³-hybridized carbons (Fsp3) is 0.0645. The highest BCUT2D eigenvalue weighted by Gasteiger charge is 2.13. The number of allylic oxidation sites excluding steroid dienone is 3. The van der Waals surface area contributed by atoms with Crippen LogP contribution in [-0.2, 0) is 0 Å². The lowest BCUT2D eigenvalue weighted by Gasteiger charge is -2.15. The van der Waals surface area contributed by atoms with Gasteiger partial charge in [-0.3, -0.25) is 0 Å². The number of rotatable bonds is 8. The number of benzene rings is 4. The van der Waals surface area contributed by atoms with Crippen molar-refractivity contribution in [2.75, 3.05) is 14.2 Å². The smallest absolute Gasteiger partial charge is 0.118 e. The van der Waals surface area contributed by atoms with E-state index >= 15 is 0 Å². The molecule has 0 amide bonds. The first kappa shape index (κ1) is 23.2. The van der Waals surface area contributed by atoms with Crippen molar-refractivity contribution in [3.8, 4) is 11.5 Å². The van der Waals surface area contributed by atoms with Gasteiger partial charge in [-0.15, -0.1) is 0 Å². The van der Waals surface area contributed by atoms with Crippen molar-refractivity contribution in [1.29, 1.82) is 0 Å². The standard InChI is InChI=1S/C31H26O2S/c1-32-27-17-13-25(14-18-27)29(21-23-9-5-3-6-10-23)30(24-11-7-4-8-12-24)22-31(34)26-15-19-28(33-2)20-16-26/h3-22H,1-2H3/b29-21+,30-22-. The highest BCUT2D eigenvalue weighted by atomic mass is 32.1. The van der Waals surface area contributed by atoms with E-state index in [1.165, 1.54) is 0 Å². The van der Waals surface area contributed by atoms with Gasteiger partial charge in [-0.1, -0.05) is 85.0 Å². The fourth-order valence-corrected chi connectivity index (χ4v) is 3.96. The summed E-state index contributed by atoms with van der Waals surface area (Å²) in [4.78, 5) is 0.758. The molecule has 0 radical (unpaired) electrons. The third-order valence-electron chi connectivity index (χ3n) is 5.54. The van der Waals surface area contributed by atoms with Crippen molar-refractivity contribution in [1.82, 2.24) is 0 Å². The van der Waals surface area contributed by atoms with Crippen molar-refractivity contribution in [2.24, 2.45) is 0 Å². The normalized spacial score (nSPS) is 11.7. The number of thiocarbonyl (C=S) groups is 1. The Hall–Kier alpha value is -3.95. The Balaban J connectivity index is 1.88. The van der Waals surface area contributed by atoms with Gasteiger partial charge in [-0.25, -0.2) is 0 Å². The summed E-state index contributed by atoms with van der Waals surface area (Å²) in [7, 11) is 3.34. The minimum absolute atomic E-state index is 0.758. The molecule has 0 aliphatic heterocycles. The molecule has 0 bridgehead atoms. The summed E-state index contributed by atoms with van der Waals surface area (Å²) in [5.74, 6) is 1.63. The van der Waals surface area contributed by atoms with Crippen molar-refractivity contribution in [3.63, 3.8) is 0 Å². The molecule has 4 aromatic rings. The molecule has 3 heteroatoms. The van der Waals surface area contributed by atoms with Crippen molar-refractivity contribution < 1.29 is 9.47 Å². The highest BCUT2D eigenvalue weighted by molar-refractivity contribution is 7.81. The van der Waals surface area contributed by atoms with Crippen molar-refractivity contribution in [3.05, 3.63) is 138 Å². The molecule has 0 atom stereocenters. The van der Waals surface area contributed by atoms with E-state index in [4.69, 9.17) is 21.7 Å². The molecule has 0 N–H and O–H groups in total. The zero-order valence-corrected chi connectivity index (χ0v) is 20.1. The Bertz CT molecular complexity index is 1290. The van der Waals surface area contributed by atoms with Crippen LogP contribution in [0, 0.1) is 0 Å². The van der Waals surface area contributed by atoms with E-state index in [0.29, 0.717) is 0 Å². The zero-order chi connectivity index (χ0) is 23.8. The summed E-state index contributed by atoms with van der Waals surface area (Å²) in [6, 6.07) is 36.7. The minimum Gasteiger partial charge on any atom is -0.497 e. The van der Waals surface area contributed by atoms with Gasteiger partial charge in [0.15, 0.2) is 0 Å². The summed E-state index contributed by atoms with van der Waals surface area (Å²) < 4.78 is 10.7. The van der Waals surface area contributed by atoms with Crippen molar-refractivity contribution in [2.45, 2.75) is 0 Å². The van der Waals surface area contributed by atoms with Crippen LogP contribution < -0.4 is 9.47 Å². The van der Waals surface area contributed by atoms with E-state index in [9.17, 15) is 0 Å². The minimum atomic E-state index is 0.758. The van der Waals surface area contributed by atoms with Gasteiger partial charge in [-0.2, -0.15) is 0 Å². The molecule has 168 valence electrons. The molecule has 0 saturated carbocycles. The average molecular weight is 463 g/mol. The molecule has 0 aromatic heterocycles. The molecule has 2 nitrogen and oxygen atoms in total. The monoisotopic (exact) mass is 462 g/mol. The van der Waals surface area contributed by atoms with Crippen LogP contribution in [0.3, 0.4) is 0 Å². The topological polar surface area (TPSA) is 18.5 Å². The summed E-state index contributed by atoms with van der Waals surface area (Å²) in [5.41, 5.74) is 6.39. The molecule has 4 aromatic carbocycles. The van der Waals surface area contributed by atoms with Gasteiger partial charge in [-0.05, 0) is 82.0 Å². The SMILES string of the molecule is COc1ccc(C(=S)/C=C(\C(=C\c2ccccc2)c2ccc(OC)cc2)c2ccccc2)cc1. The second-order valence-corrected chi connectivity index (χ2v) is 8.15. The molecule has 0 unspecified atom stereocenters. The van der Waals surface area contributed by atoms with E-state index in [2.05, 4.69) is 48.6 Å². The lowest BCUT2D eigenvalue weighted by molar-refractivity contribution is 0.414. The predicted molar refractivity (Wildman–Crippen MR) is 146 cm³/mol. The molecule has 0 fully saturated rings. The average Bonchev–Trinajstić information content (AvgIpc) is 2.91. The summed E-state index contributed by atoms with van der Waals surface area (Å²) in [6.45, 7) is 0. The molecule has 0 spiro atoms. The maximum Gasteiger partial charge on any atom is 0.118 e. The van der Waals surface area contributed by atoms with Crippen molar-refractivity contribution >= 4 is 34.3 Å². The van der Waals surface area contributed by atoms with Gasteiger partial charge in [0.1, 0.15) is 11.5 Å². The molecular formula is C31H26O2S. The first-order valence-electron chi connectivity index (χ1n) is 11.0. The van der Waals surface area contributed by atoms with Gasteiger partial charge in [0.25, 0.3) is 0 Å². The van der Waals surface area contributed by atoms with Crippen LogP contribution in [0.5, 0.6) is 11.5 Å². The number of methoxy groups -OCH3 is 2. The molecule has 0 heterocycles. The quantitative estimate of drug-likeness (QED) is 0.0877. The first-order chi connectivity index (χ1) is 16.7. The van der Waals surface area contributed by atoms with Crippen LogP contribution in [0.4, 0.5) is 0 Å². The molecular weight excluding hydrogens is 436 g/mol. The molecule has 0 saturated heterocycles. The molecule has 4 rings (SSSR count). The number of hydrogen-bond acceptors (Lipinski definition) is 3. The fourth-order valence-electron chi connectivity index (χ4n) is 3.71. The maximum atomic E-state index is 5.89. The lowest BCUT2D eigenvalue weighted by atomic mass is 9.89. The largest absolute Gasteiger partial charge is 0.497 e.